The van der Waals surface area contributed by atoms with Crippen LogP contribution in [0.5, 0.6) is 5.75 Å². The van der Waals surface area contributed by atoms with Crippen molar-refractivity contribution in [1.82, 2.24) is 4.98 Å². The zero-order valence-electron chi connectivity index (χ0n) is 11.7. The smallest absolute Gasteiger partial charge is 0.141 e. The van der Waals surface area contributed by atoms with E-state index in [-0.39, 0.29) is 24.8 Å². The molecule has 0 fully saturated rings. The van der Waals surface area contributed by atoms with E-state index in [0.29, 0.717) is 6.61 Å². The molecule has 0 amide bonds. The van der Waals surface area contributed by atoms with Gasteiger partial charge in [0.2, 0.25) is 0 Å². The molecule has 2 aromatic carbocycles. The highest BCUT2D eigenvalue weighted by Gasteiger charge is 2.04. The maximum absolute atomic E-state index is 5.87. The van der Waals surface area contributed by atoms with Crippen molar-refractivity contribution in [2.24, 2.45) is 0 Å². The van der Waals surface area contributed by atoms with Gasteiger partial charge in [-0.25, -0.2) is 4.98 Å². The lowest BCUT2D eigenvalue weighted by atomic mass is 10.2. The standard InChI is InChI=1S/C17H15NO.2ClH/c1-13-17(19-12-14-7-3-2-4-8-14)11-15-9-5-6-10-16(15)18-13;;/h2-11H,12H2,1H3;2*1H. The molecular formula is C17H17Cl2NO. The van der Waals surface area contributed by atoms with Gasteiger partial charge < -0.3 is 4.74 Å². The highest BCUT2D eigenvalue weighted by atomic mass is 35.5. The van der Waals surface area contributed by atoms with E-state index in [1.807, 2.05) is 43.3 Å². The second-order valence-corrected chi connectivity index (χ2v) is 4.54. The molecule has 0 bridgehead atoms. The van der Waals surface area contributed by atoms with E-state index in [2.05, 4.69) is 29.2 Å². The number of rotatable bonds is 3. The number of ether oxygens (including phenoxy) is 1. The van der Waals surface area contributed by atoms with Gasteiger partial charge in [-0.15, -0.1) is 24.8 Å². The minimum atomic E-state index is 0. The summed E-state index contributed by atoms with van der Waals surface area (Å²) < 4.78 is 5.87. The highest BCUT2D eigenvalue weighted by Crippen LogP contribution is 2.23. The average molecular weight is 322 g/mol. The van der Waals surface area contributed by atoms with Crippen LogP contribution in [0.1, 0.15) is 11.3 Å². The third kappa shape index (κ3) is 4.10. The first-order valence-electron chi connectivity index (χ1n) is 6.36. The van der Waals surface area contributed by atoms with Crippen LogP contribution in [-0.4, -0.2) is 4.98 Å². The Bertz CT molecular complexity index is 701. The predicted molar refractivity (Wildman–Crippen MR) is 91.8 cm³/mol. The molecule has 0 aliphatic heterocycles. The summed E-state index contributed by atoms with van der Waals surface area (Å²) in [5, 5.41) is 1.11. The number of hydrogen-bond donors (Lipinski definition) is 0. The van der Waals surface area contributed by atoms with Crippen molar-refractivity contribution in [1.29, 1.82) is 0 Å². The van der Waals surface area contributed by atoms with E-state index in [9.17, 15) is 0 Å². The predicted octanol–water partition coefficient (Wildman–Crippen LogP) is 4.97. The van der Waals surface area contributed by atoms with E-state index >= 15 is 0 Å². The summed E-state index contributed by atoms with van der Waals surface area (Å²) in [7, 11) is 0. The van der Waals surface area contributed by atoms with Gasteiger partial charge in [0.15, 0.2) is 0 Å². The first-order chi connectivity index (χ1) is 9.33. The van der Waals surface area contributed by atoms with Crippen molar-refractivity contribution in [2.45, 2.75) is 13.5 Å². The number of aromatic nitrogens is 1. The number of pyridine rings is 1. The molecular weight excluding hydrogens is 305 g/mol. The Morgan fingerprint density at radius 1 is 0.905 bits per heavy atom. The van der Waals surface area contributed by atoms with Gasteiger partial charge in [-0.05, 0) is 24.6 Å². The van der Waals surface area contributed by atoms with Crippen molar-refractivity contribution >= 4 is 35.7 Å². The molecule has 0 radical (unpaired) electrons. The first kappa shape index (κ1) is 17.3. The zero-order chi connectivity index (χ0) is 13.1. The molecule has 0 N–H and O–H groups in total. The minimum Gasteiger partial charge on any atom is -0.487 e. The molecule has 3 aromatic rings. The minimum absolute atomic E-state index is 0. The van der Waals surface area contributed by atoms with Crippen molar-refractivity contribution in [2.75, 3.05) is 0 Å². The molecule has 4 heteroatoms. The Morgan fingerprint density at radius 2 is 1.57 bits per heavy atom. The van der Waals surface area contributed by atoms with Gasteiger partial charge in [0.05, 0.1) is 11.2 Å². The maximum Gasteiger partial charge on any atom is 0.141 e. The summed E-state index contributed by atoms with van der Waals surface area (Å²) in [6, 6.07) is 20.3. The van der Waals surface area contributed by atoms with E-state index in [1.165, 1.54) is 0 Å². The van der Waals surface area contributed by atoms with Crippen molar-refractivity contribution in [3.05, 3.63) is 71.9 Å². The van der Waals surface area contributed by atoms with Gasteiger partial charge in [0.25, 0.3) is 0 Å². The lowest BCUT2D eigenvalue weighted by Gasteiger charge is -2.10. The second-order valence-electron chi connectivity index (χ2n) is 4.54. The molecule has 3 rings (SSSR count). The molecule has 1 aromatic heterocycles. The molecule has 2 nitrogen and oxygen atoms in total. The van der Waals surface area contributed by atoms with Gasteiger partial charge in [-0.1, -0.05) is 48.5 Å². The monoisotopic (exact) mass is 321 g/mol. The van der Waals surface area contributed by atoms with Gasteiger partial charge in [-0.3, -0.25) is 0 Å². The third-order valence-corrected chi connectivity index (χ3v) is 3.11. The number of para-hydroxylation sites is 1. The summed E-state index contributed by atoms with van der Waals surface area (Å²) in [5.41, 5.74) is 3.09. The quantitative estimate of drug-likeness (QED) is 0.679. The van der Waals surface area contributed by atoms with Crippen molar-refractivity contribution in [3.8, 4) is 5.75 Å². The topological polar surface area (TPSA) is 22.1 Å². The van der Waals surface area contributed by atoms with Crippen LogP contribution >= 0.6 is 24.8 Å². The summed E-state index contributed by atoms with van der Waals surface area (Å²) in [4.78, 5) is 4.56. The fraction of sp³-hybridized carbons (Fsp3) is 0.118. The number of fused-ring (bicyclic) bond motifs is 1. The SMILES string of the molecule is Cc1nc2ccccc2cc1OCc1ccccc1.Cl.Cl. The summed E-state index contributed by atoms with van der Waals surface area (Å²) in [6.45, 7) is 2.55. The van der Waals surface area contributed by atoms with Gasteiger partial charge in [0.1, 0.15) is 12.4 Å². The molecule has 110 valence electrons. The lowest BCUT2D eigenvalue weighted by molar-refractivity contribution is 0.303. The Labute approximate surface area is 137 Å². The number of hydrogen-bond acceptors (Lipinski definition) is 2. The van der Waals surface area contributed by atoms with E-state index in [0.717, 1.165) is 27.9 Å². The Kier molecular flexibility index (Phi) is 6.47. The van der Waals surface area contributed by atoms with Crippen molar-refractivity contribution in [3.63, 3.8) is 0 Å². The first-order valence-corrected chi connectivity index (χ1v) is 6.36. The largest absolute Gasteiger partial charge is 0.487 e. The summed E-state index contributed by atoms with van der Waals surface area (Å²) in [5.74, 6) is 0.850. The Morgan fingerprint density at radius 3 is 2.33 bits per heavy atom. The normalized spacial score (nSPS) is 9.57. The molecule has 0 aliphatic rings. The van der Waals surface area contributed by atoms with Crippen LogP contribution in [0.2, 0.25) is 0 Å². The number of halogens is 2. The molecule has 1 heterocycles. The number of nitrogens with zero attached hydrogens (tertiary/aromatic N) is 1. The van der Waals surface area contributed by atoms with Gasteiger partial charge >= 0.3 is 0 Å². The second kappa shape index (κ2) is 7.87. The average Bonchev–Trinajstić information content (AvgIpc) is 2.46. The van der Waals surface area contributed by atoms with E-state index in [4.69, 9.17) is 4.74 Å². The van der Waals surface area contributed by atoms with Crippen molar-refractivity contribution < 1.29 is 4.74 Å². The fourth-order valence-corrected chi connectivity index (χ4v) is 2.07. The lowest BCUT2D eigenvalue weighted by Crippen LogP contribution is -1.98. The highest BCUT2D eigenvalue weighted by molar-refractivity contribution is 5.85. The molecule has 21 heavy (non-hydrogen) atoms. The summed E-state index contributed by atoms with van der Waals surface area (Å²) in [6.07, 6.45) is 0. The van der Waals surface area contributed by atoms with Crippen LogP contribution in [-0.2, 0) is 6.61 Å². The Balaban J connectivity index is 0.00000110. The fourth-order valence-electron chi connectivity index (χ4n) is 2.07. The third-order valence-electron chi connectivity index (χ3n) is 3.11. The molecule has 0 spiro atoms. The van der Waals surface area contributed by atoms with Crippen LogP contribution in [0, 0.1) is 6.92 Å². The van der Waals surface area contributed by atoms with Crippen LogP contribution in [0.3, 0.4) is 0 Å². The van der Waals surface area contributed by atoms with E-state index < -0.39 is 0 Å². The van der Waals surface area contributed by atoms with Crippen LogP contribution < -0.4 is 4.74 Å². The molecule has 0 aliphatic carbocycles. The molecule has 0 saturated heterocycles. The molecule has 0 saturated carbocycles. The number of benzene rings is 2. The Hall–Kier alpha value is -1.77. The molecule has 0 unspecified atom stereocenters. The zero-order valence-corrected chi connectivity index (χ0v) is 13.3. The van der Waals surface area contributed by atoms with Crippen LogP contribution in [0.15, 0.2) is 60.7 Å². The van der Waals surface area contributed by atoms with Gasteiger partial charge in [-0.2, -0.15) is 0 Å². The van der Waals surface area contributed by atoms with Gasteiger partial charge in [0, 0.05) is 5.39 Å². The summed E-state index contributed by atoms with van der Waals surface area (Å²) >= 11 is 0. The van der Waals surface area contributed by atoms with E-state index in [1.54, 1.807) is 0 Å². The van der Waals surface area contributed by atoms with Crippen LogP contribution in [0.25, 0.3) is 10.9 Å². The molecule has 0 atom stereocenters. The number of aryl methyl sites for hydroxylation is 1. The van der Waals surface area contributed by atoms with Crippen LogP contribution in [0.4, 0.5) is 0 Å². The maximum atomic E-state index is 5.87.